The highest BCUT2D eigenvalue weighted by Crippen LogP contribution is 2.27. The molecule has 3 unspecified atom stereocenters. The minimum atomic E-state index is 0.733. The van der Waals surface area contributed by atoms with Gasteiger partial charge in [-0.1, -0.05) is 0 Å². The molecular weight excluding hydrogens is 176 g/mol. The van der Waals surface area contributed by atoms with Crippen LogP contribution < -0.4 is 5.32 Å². The molecule has 3 rings (SSSR count). The Morgan fingerprint density at radius 3 is 3.07 bits per heavy atom. The normalized spacial score (nSPS) is 44.1. The van der Waals surface area contributed by atoms with E-state index in [0.717, 1.165) is 31.2 Å². The third-order valence-corrected chi connectivity index (χ3v) is 4.11. The van der Waals surface area contributed by atoms with Crippen LogP contribution in [-0.4, -0.2) is 49.8 Å². The number of nitrogens with one attached hydrogen (secondary N) is 1. The van der Waals surface area contributed by atoms with Crippen LogP contribution >= 0.6 is 0 Å². The van der Waals surface area contributed by atoms with Crippen LogP contribution in [0.15, 0.2) is 0 Å². The van der Waals surface area contributed by atoms with Gasteiger partial charge in [0, 0.05) is 31.8 Å². The van der Waals surface area contributed by atoms with Crippen molar-refractivity contribution < 1.29 is 4.74 Å². The summed E-state index contributed by atoms with van der Waals surface area (Å²) in [5, 5.41) is 3.61. The number of hydrogen-bond donors (Lipinski definition) is 1. The largest absolute Gasteiger partial charge is 0.380 e. The van der Waals surface area contributed by atoms with E-state index in [1.54, 1.807) is 0 Å². The predicted molar refractivity (Wildman–Crippen MR) is 55.3 cm³/mol. The molecule has 3 heterocycles. The van der Waals surface area contributed by atoms with Crippen LogP contribution in [0, 0.1) is 5.92 Å². The molecular formula is C11H20N2O. The van der Waals surface area contributed by atoms with Crippen LogP contribution in [0.1, 0.15) is 19.3 Å². The third-order valence-electron chi connectivity index (χ3n) is 4.11. The second kappa shape index (κ2) is 3.80. The van der Waals surface area contributed by atoms with Gasteiger partial charge in [-0.2, -0.15) is 0 Å². The first-order valence-corrected chi connectivity index (χ1v) is 5.98. The topological polar surface area (TPSA) is 24.5 Å². The zero-order chi connectivity index (χ0) is 9.38. The molecule has 3 heteroatoms. The summed E-state index contributed by atoms with van der Waals surface area (Å²) < 4.78 is 5.46. The molecule has 0 aromatic carbocycles. The van der Waals surface area contributed by atoms with Crippen LogP contribution in [0.4, 0.5) is 0 Å². The number of hydrogen-bond acceptors (Lipinski definition) is 3. The Kier molecular flexibility index (Phi) is 2.48. The molecule has 0 aromatic rings. The van der Waals surface area contributed by atoms with Crippen molar-refractivity contribution in [2.45, 2.75) is 31.3 Å². The Labute approximate surface area is 85.8 Å². The molecule has 0 bridgehead atoms. The van der Waals surface area contributed by atoms with Crippen molar-refractivity contribution >= 4 is 0 Å². The van der Waals surface area contributed by atoms with Gasteiger partial charge < -0.3 is 10.1 Å². The van der Waals surface area contributed by atoms with E-state index in [2.05, 4.69) is 10.2 Å². The molecule has 3 atom stereocenters. The second-order valence-corrected chi connectivity index (χ2v) is 4.91. The Hall–Kier alpha value is -0.120. The lowest BCUT2D eigenvalue weighted by molar-refractivity contribution is 0.0974. The molecule has 3 fully saturated rings. The molecule has 0 amide bonds. The van der Waals surface area contributed by atoms with E-state index < -0.39 is 0 Å². The van der Waals surface area contributed by atoms with Crippen LogP contribution in [0.3, 0.4) is 0 Å². The SMILES string of the molecule is C1CC2CN(C3CCOC3)CCC2N1. The van der Waals surface area contributed by atoms with Crippen molar-refractivity contribution in [3.8, 4) is 0 Å². The highest BCUT2D eigenvalue weighted by atomic mass is 16.5. The van der Waals surface area contributed by atoms with Gasteiger partial charge in [0.15, 0.2) is 0 Å². The number of fused-ring (bicyclic) bond motifs is 1. The van der Waals surface area contributed by atoms with Crippen LogP contribution in [-0.2, 0) is 4.74 Å². The summed E-state index contributed by atoms with van der Waals surface area (Å²) in [5.74, 6) is 0.921. The molecule has 3 aliphatic heterocycles. The maximum atomic E-state index is 5.46. The van der Waals surface area contributed by atoms with E-state index in [1.165, 1.54) is 38.9 Å². The molecule has 0 saturated carbocycles. The molecule has 3 nitrogen and oxygen atoms in total. The monoisotopic (exact) mass is 196 g/mol. The standard InChI is InChI=1S/C11H20N2O/c1-4-12-11-2-5-13(7-9(1)11)10-3-6-14-8-10/h9-12H,1-8H2. The van der Waals surface area contributed by atoms with Gasteiger partial charge in [0.25, 0.3) is 0 Å². The lowest BCUT2D eigenvalue weighted by atomic mass is 9.92. The van der Waals surface area contributed by atoms with Crippen molar-refractivity contribution in [1.29, 1.82) is 0 Å². The quantitative estimate of drug-likeness (QED) is 0.659. The number of rotatable bonds is 1. The number of ether oxygens (including phenoxy) is 1. The molecule has 3 aliphatic rings. The van der Waals surface area contributed by atoms with Gasteiger partial charge in [0.1, 0.15) is 0 Å². The maximum absolute atomic E-state index is 5.46. The molecule has 1 N–H and O–H groups in total. The average Bonchev–Trinajstić information content (AvgIpc) is 2.88. The Balaban J connectivity index is 1.60. The van der Waals surface area contributed by atoms with Gasteiger partial charge >= 0.3 is 0 Å². The fraction of sp³-hybridized carbons (Fsp3) is 1.00. The van der Waals surface area contributed by atoms with E-state index in [-0.39, 0.29) is 0 Å². The van der Waals surface area contributed by atoms with Crippen LogP contribution in [0.2, 0.25) is 0 Å². The lowest BCUT2D eigenvalue weighted by Crippen LogP contribution is -2.48. The minimum absolute atomic E-state index is 0.733. The zero-order valence-electron chi connectivity index (χ0n) is 8.74. The molecule has 0 radical (unpaired) electrons. The Morgan fingerprint density at radius 2 is 2.21 bits per heavy atom. The summed E-state index contributed by atoms with van der Waals surface area (Å²) in [6.07, 6.45) is 3.99. The van der Waals surface area contributed by atoms with Crippen molar-refractivity contribution in [1.82, 2.24) is 10.2 Å². The van der Waals surface area contributed by atoms with Gasteiger partial charge in [-0.25, -0.2) is 0 Å². The molecule has 0 aliphatic carbocycles. The summed E-state index contributed by atoms with van der Waals surface area (Å²) in [4.78, 5) is 2.67. The van der Waals surface area contributed by atoms with E-state index in [0.29, 0.717) is 0 Å². The van der Waals surface area contributed by atoms with E-state index in [9.17, 15) is 0 Å². The van der Waals surface area contributed by atoms with Crippen molar-refractivity contribution in [3.63, 3.8) is 0 Å². The van der Waals surface area contributed by atoms with Gasteiger partial charge in [-0.15, -0.1) is 0 Å². The smallest absolute Gasteiger partial charge is 0.0622 e. The average molecular weight is 196 g/mol. The number of nitrogens with zero attached hydrogens (tertiary/aromatic N) is 1. The van der Waals surface area contributed by atoms with Gasteiger partial charge in [-0.3, -0.25) is 4.90 Å². The zero-order valence-corrected chi connectivity index (χ0v) is 8.74. The second-order valence-electron chi connectivity index (χ2n) is 4.91. The molecule has 14 heavy (non-hydrogen) atoms. The molecule has 3 saturated heterocycles. The summed E-state index contributed by atoms with van der Waals surface area (Å²) in [5.41, 5.74) is 0. The Morgan fingerprint density at radius 1 is 1.21 bits per heavy atom. The third kappa shape index (κ3) is 1.58. The molecule has 0 spiro atoms. The summed E-state index contributed by atoms with van der Waals surface area (Å²) in [6.45, 7) is 5.79. The fourth-order valence-electron chi connectivity index (χ4n) is 3.22. The first kappa shape index (κ1) is 9.13. The fourth-order valence-corrected chi connectivity index (χ4v) is 3.22. The van der Waals surface area contributed by atoms with Crippen LogP contribution in [0.25, 0.3) is 0 Å². The maximum Gasteiger partial charge on any atom is 0.0622 e. The van der Waals surface area contributed by atoms with Crippen LogP contribution in [0.5, 0.6) is 0 Å². The first-order chi connectivity index (χ1) is 6.93. The van der Waals surface area contributed by atoms with E-state index in [1.807, 2.05) is 0 Å². The highest BCUT2D eigenvalue weighted by molar-refractivity contribution is 4.92. The minimum Gasteiger partial charge on any atom is -0.380 e. The highest BCUT2D eigenvalue weighted by Gasteiger charge is 2.35. The summed E-state index contributed by atoms with van der Waals surface area (Å²) in [7, 11) is 0. The lowest BCUT2D eigenvalue weighted by Gasteiger charge is -2.37. The van der Waals surface area contributed by atoms with E-state index >= 15 is 0 Å². The van der Waals surface area contributed by atoms with Gasteiger partial charge in [0.2, 0.25) is 0 Å². The summed E-state index contributed by atoms with van der Waals surface area (Å²) >= 11 is 0. The first-order valence-electron chi connectivity index (χ1n) is 5.98. The van der Waals surface area contributed by atoms with Gasteiger partial charge in [0.05, 0.1) is 6.61 Å². The molecule has 80 valence electrons. The molecule has 0 aromatic heterocycles. The van der Waals surface area contributed by atoms with E-state index in [4.69, 9.17) is 4.74 Å². The van der Waals surface area contributed by atoms with Gasteiger partial charge in [-0.05, 0) is 31.7 Å². The van der Waals surface area contributed by atoms with Crippen molar-refractivity contribution in [2.75, 3.05) is 32.8 Å². The number of piperidine rings is 1. The summed E-state index contributed by atoms with van der Waals surface area (Å²) in [6, 6.07) is 1.56. The van der Waals surface area contributed by atoms with Crippen molar-refractivity contribution in [2.24, 2.45) is 5.92 Å². The predicted octanol–water partition coefficient (Wildman–Crippen LogP) is 0.459. The number of likely N-dealkylation sites (tertiary alicyclic amines) is 1. The van der Waals surface area contributed by atoms with Crippen molar-refractivity contribution in [3.05, 3.63) is 0 Å². The Bertz CT molecular complexity index is 203.